The molecule has 0 aliphatic heterocycles. The van der Waals surface area contributed by atoms with Crippen molar-refractivity contribution in [2.75, 3.05) is 17.7 Å². The average Bonchev–Trinajstić information content (AvgIpc) is 2.54. The SMILES string of the molecule is COC(=O)CC(=O)Nc1cccc(C(=O)Nc2cccc(Cl)c2)c1. The Morgan fingerprint density at radius 3 is 2.33 bits per heavy atom. The van der Waals surface area contributed by atoms with Gasteiger partial charge >= 0.3 is 5.97 Å². The number of carbonyl (C=O) groups excluding carboxylic acids is 3. The molecule has 0 saturated heterocycles. The Morgan fingerprint density at radius 2 is 1.67 bits per heavy atom. The molecule has 2 aromatic carbocycles. The molecule has 0 aliphatic rings. The van der Waals surface area contributed by atoms with Crippen molar-refractivity contribution in [3.05, 3.63) is 59.1 Å². The van der Waals surface area contributed by atoms with Gasteiger partial charge in [-0.25, -0.2) is 0 Å². The van der Waals surface area contributed by atoms with Crippen molar-refractivity contribution in [1.82, 2.24) is 0 Å². The molecule has 2 amide bonds. The first kappa shape index (κ1) is 17.5. The molecule has 124 valence electrons. The van der Waals surface area contributed by atoms with Crippen molar-refractivity contribution < 1.29 is 19.1 Å². The Morgan fingerprint density at radius 1 is 1.00 bits per heavy atom. The summed E-state index contributed by atoms with van der Waals surface area (Å²) in [6.07, 6.45) is -0.393. The maximum Gasteiger partial charge on any atom is 0.315 e. The van der Waals surface area contributed by atoms with Gasteiger partial charge in [0.25, 0.3) is 5.91 Å². The Balaban J connectivity index is 2.05. The van der Waals surface area contributed by atoms with Crippen LogP contribution in [0.3, 0.4) is 0 Å². The van der Waals surface area contributed by atoms with E-state index in [1.807, 2.05) is 0 Å². The standard InChI is InChI=1S/C17H15ClN2O4/c1-24-16(22)10-15(21)19-13-6-2-4-11(8-13)17(23)20-14-7-3-5-12(18)9-14/h2-9H,10H2,1H3,(H,19,21)(H,20,23). The number of rotatable bonds is 5. The number of halogens is 1. The maximum absolute atomic E-state index is 12.2. The minimum absolute atomic E-state index is 0.346. The van der Waals surface area contributed by atoms with E-state index >= 15 is 0 Å². The number of carbonyl (C=O) groups is 3. The summed E-state index contributed by atoms with van der Waals surface area (Å²) in [7, 11) is 1.20. The van der Waals surface area contributed by atoms with Crippen LogP contribution >= 0.6 is 11.6 Å². The zero-order valence-electron chi connectivity index (χ0n) is 12.8. The molecule has 2 rings (SSSR count). The fourth-order valence-electron chi connectivity index (χ4n) is 1.92. The first-order valence-corrected chi connectivity index (χ1v) is 7.39. The molecule has 0 radical (unpaired) electrons. The van der Waals surface area contributed by atoms with E-state index in [0.29, 0.717) is 22.0 Å². The molecule has 0 saturated carbocycles. The number of esters is 1. The number of amides is 2. The molecule has 0 aliphatic carbocycles. The van der Waals surface area contributed by atoms with Gasteiger partial charge in [-0.1, -0.05) is 23.7 Å². The Hall–Kier alpha value is -2.86. The van der Waals surface area contributed by atoms with Crippen LogP contribution < -0.4 is 10.6 Å². The molecule has 0 bridgehead atoms. The number of anilines is 2. The lowest BCUT2D eigenvalue weighted by Crippen LogP contribution is -2.18. The third-order valence-corrected chi connectivity index (χ3v) is 3.26. The Labute approximate surface area is 143 Å². The summed E-state index contributed by atoms with van der Waals surface area (Å²) in [4.78, 5) is 35.0. The van der Waals surface area contributed by atoms with Crippen LogP contribution in [0.2, 0.25) is 5.02 Å². The van der Waals surface area contributed by atoms with Crippen molar-refractivity contribution in [2.24, 2.45) is 0 Å². The summed E-state index contributed by atoms with van der Waals surface area (Å²) < 4.78 is 4.42. The molecular weight excluding hydrogens is 332 g/mol. The molecule has 6 nitrogen and oxygen atoms in total. The molecule has 0 heterocycles. The van der Waals surface area contributed by atoms with Crippen LogP contribution in [-0.4, -0.2) is 24.9 Å². The van der Waals surface area contributed by atoms with Gasteiger partial charge < -0.3 is 15.4 Å². The zero-order valence-corrected chi connectivity index (χ0v) is 13.6. The molecular formula is C17H15ClN2O4. The number of benzene rings is 2. The largest absolute Gasteiger partial charge is 0.469 e. The van der Waals surface area contributed by atoms with Gasteiger partial charge in [-0.15, -0.1) is 0 Å². The Bertz CT molecular complexity index is 777. The van der Waals surface area contributed by atoms with Gasteiger partial charge in [-0.05, 0) is 36.4 Å². The van der Waals surface area contributed by atoms with E-state index in [0.717, 1.165) is 0 Å². The fraction of sp³-hybridized carbons (Fsp3) is 0.118. The lowest BCUT2D eigenvalue weighted by Gasteiger charge is -2.08. The fourth-order valence-corrected chi connectivity index (χ4v) is 2.11. The number of ether oxygens (including phenoxy) is 1. The lowest BCUT2D eigenvalue weighted by molar-refractivity contribution is -0.142. The monoisotopic (exact) mass is 346 g/mol. The van der Waals surface area contributed by atoms with E-state index in [-0.39, 0.29) is 5.91 Å². The van der Waals surface area contributed by atoms with Gasteiger partial charge in [0.2, 0.25) is 5.91 Å². The maximum atomic E-state index is 12.2. The van der Waals surface area contributed by atoms with E-state index in [1.54, 1.807) is 42.5 Å². The molecule has 2 N–H and O–H groups in total. The molecule has 7 heteroatoms. The summed E-state index contributed by atoms with van der Waals surface area (Å²) in [5.41, 5.74) is 1.32. The minimum Gasteiger partial charge on any atom is -0.469 e. The number of methoxy groups -OCH3 is 1. The summed E-state index contributed by atoms with van der Waals surface area (Å²) in [6.45, 7) is 0. The molecule has 0 unspecified atom stereocenters. The summed E-state index contributed by atoms with van der Waals surface area (Å²) >= 11 is 5.87. The summed E-state index contributed by atoms with van der Waals surface area (Å²) in [5.74, 6) is -1.50. The van der Waals surface area contributed by atoms with Crippen LogP contribution in [-0.2, 0) is 14.3 Å². The zero-order chi connectivity index (χ0) is 17.5. The van der Waals surface area contributed by atoms with E-state index in [1.165, 1.54) is 13.2 Å². The van der Waals surface area contributed by atoms with Gasteiger partial charge in [-0.3, -0.25) is 14.4 Å². The number of nitrogens with one attached hydrogen (secondary N) is 2. The molecule has 2 aromatic rings. The molecule has 0 aromatic heterocycles. The quantitative estimate of drug-likeness (QED) is 0.643. The van der Waals surface area contributed by atoms with Crippen LogP contribution in [0.1, 0.15) is 16.8 Å². The molecule has 0 fully saturated rings. The third kappa shape index (κ3) is 5.10. The second kappa shape index (κ2) is 8.12. The third-order valence-electron chi connectivity index (χ3n) is 3.02. The highest BCUT2D eigenvalue weighted by Crippen LogP contribution is 2.17. The molecule has 0 spiro atoms. The van der Waals surface area contributed by atoms with Crippen molar-refractivity contribution in [3.63, 3.8) is 0 Å². The molecule has 24 heavy (non-hydrogen) atoms. The van der Waals surface area contributed by atoms with Gasteiger partial charge in [0.05, 0.1) is 7.11 Å². The number of hydrogen-bond donors (Lipinski definition) is 2. The van der Waals surface area contributed by atoms with E-state index in [4.69, 9.17) is 11.6 Å². The van der Waals surface area contributed by atoms with E-state index in [2.05, 4.69) is 15.4 Å². The highest BCUT2D eigenvalue weighted by atomic mass is 35.5. The van der Waals surface area contributed by atoms with Crippen LogP contribution in [0.5, 0.6) is 0 Å². The van der Waals surface area contributed by atoms with Crippen LogP contribution in [0, 0.1) is 0 Å². The first-order valence-electron chi connectivity index (χ1n) is 7.01. The van der Waals surface area contributed by atoms with E-state index in [9.17, 15) is 14.4 Å². The van der Waals surface area contributed by atoms with Crippen LogP contribution in [0.25, 0.3) is 0 Å². The van der Waals surface area contributed by atoms with Gasteiger partial charge in [0, 0.05) is 22.0 Å². The normalized spacial score (nSPS) is 9.92. The van der Waals surface area contributed by atoms with Crippen molar-refractivity contribution >= 4 is 40.8 Å². The summed E-state index contributed by atoms with van der Waals surface area (Å²) in [5, 5.41) is 5.76. The highest BCUT2D eigenvalue weighted by molar-refractivity contribution is 6.31. The Kier molecular flexibility index (Phi) is 5.92. The smallest absolute Gasteiger partial charge is 0.315 e. The van der Waals surface area contributed by atoms with Crippen molar-refractivity contribution in [3.8, 4) is 0 Å². The minimum atomic E-state index is -0.637. The topological polar surface area (TPSA) is 84.5 Å². The highest BCUT2D eigenvalue weighted by Gasteiger charge is 2.11. The van der Waals surface area contributed by atoms with Crippen molar-refractivity contribution in [2.45, 2.75) is 6.42 Å². The lowest BCUT2D eigenvalue weighted by atomic mass is 10.1. The second-order valence-electron chi connectivity index (χ2n) is 4.85. The predicted molar refractivity (Wildman–Crippen MR) is 91.1 cm³/mol. The van der Waals surface area contributed by atoms with Crippen molar-refractivity contribution in [1.29, 1.82) is 0 Å². The van der Waals surface area contributed by atoms with Gasteiger partial charge in [0.1, 0.15) is 6.42 Å². The second-order valence-corrected chi connectivity index (χ2v) is 5.28. The first-order chi connectivity index (χ1) is 11.5. The van der Waals surface area contributed by atoms with E-state index < -0.39 is 18.3 Å². The number of hydrogen-bond acceptors (Lipinski definition) is 4. The van der Waals surface area contributed by atoms with Gasteiger partial charge in [0.15, 0.2) is 0 Å². The van der Waals surface area contributed by atoms with Crippen LogP contribution in [0.15, 0.2) is 48.5 Å². The summed E-state index contributed by atoms with van der Waals surface area (Å²) in [6, 6.07) is 13.1. The molecule has 0 atom stereocenters. The predicted octanol–water partition coefficient (Wildman–Crippen LogP) is 3.09. The van der Waals surface area contributed by atoms with Crippen LogP contribution in [0.4, 0.5) is 11.4 Å². The van der Waals surface area contributed by atoms with Gasteiger partial charge in [-0.2, -0.15) is 0 Å². The average molecular weight is 347 g/mol.